The van der Waals surface area contributed by atoms with Crippen LogP contribution in [0.5, 0.6) is 0 Å². The number of hydrogen-bond acceptors (Lipinski definition) is 1. The van der Waals surface area contributed by atoms with Gasteiger partial charge in [-0.2, -0.15) is 0 Å². The lowest BCUT2D eigenvalue weighted by atomic mass is 10.2. The van der Waals surface area contributed by atoms with Gasteiger partial charge in [-0.25, -0.2) is 4.39 Å². The first-order valence-electron chi connectivity index (χ1n) is 5.88. The van der Waals surface area contributed by atoms with Crippen molar-refractivity contribution in [2.45, 2.75) is 38.8 Å². The summed E-state index contributed by atoms with van der Waals surface area (Å²) in [6.45, 7) is 2.85. The van der Waals surface area contributed by atoms with Crippen LogP contribution in [0.2, 0.25) is 0 Å². The molecular formula is C13H17BrFN. The lowest BCUT2D eigenvalue weighted by molar-refractivity contribution is 0.565. The molecule has 1 saturated carbocycles. The van der Waals surface area contributed by atoms with Crippen molar-refractivity contribution in [1.29, 1.82) is 0 Å². The summed E-state index contributed by atoms with van der Waals surface area (Å²) < 4.78 is 14.3. The largest absolute Gasteiger partial charge is 0.310 e. The quantitative estimate of drug-likeness (QED) is 0.866. The summed E-state index contributed by atoms with van der Waals surface area (Å²) in [4.78, 5) is 0. The zero-order valence-electron chi connectivity index (χ0n) is 9.47. The molecule has 0 aliphatic heterocycles. The zero-order valence-corrected chi connectivity index (χ0v) is 11.1. The fraction of sp³-hybridized carbons (Fsp3) is 0.538. The molecule has 2 atom stereocenters. The van der Waals surface area contributed by atoms with Crippen LogP contribution in [0.3, 0.4) is 0 Å². The summed E-state index contributed by atoms with van der Waals surface area (Å²) >= 11 is 3.26. The number of hydrogen-bond donors (Lipinski definition) is 1. The van der Waals surface area contributed by atoms with Gasteiger partial charge in [0.15, 0.2) is 0 Å². The van der Waals surface area contributed by atoms with Gasteiger partial charge in [-0.3, -0.25) is 0 Å². The van der Waals surface area contributed by atoms with Gasteiger partial charge >= 0.3 is 0 Å². The molecule has 16 heavy (non-hydrogen) atoms. The molecule has 0 heterocycles. The second-order valence-electron chi connectivity index (χ2n) is 4.51. The Morgan fingerprint density at radius 2 is 2.31 bits per heavy atom. The van der Waals surface area contributed by atoms with Crippen LogP contribution in [0, 0.1) is 11.7 Å². The summed E-state index contributed by atoms with van der Waals surface area (Å²) in [5.74, 6) is 0.693. The van der Waals surface area contributed by atoms with Gasteiger partial charge in [0.05, 0.1) is 0 Å². The predicted octanol–water partition coefficient (Wildman–Crippen LogP) is 3.87. The molecule has 0 saturated heterocycles. The minimum Gasteiger partial charge on any atom is -0.310 e. The molecule has 0 radical (unpaired) electrons. The third-order valence-electron chi connectivity index (χ3n) is 3.15. The molecule has 2 rings (SSSR count). The van der Waals surface area contributed by atoms with E-state index in [4.69, 9.17) is 0 Å². The topological polar surface area (TPSA) is 12.0 Å². The summed E-state index contributed by atoms with van der Waals surface area (Å²) in [7, 11) is 0. The first-order chi connectivity index (χ1) is 7.70. The summed E-state index contributed by atoms with van der Waals surface area (Å²) in [5, 5.41) is 3.41. The van der Waals surface area contributed by atoms with Gasteiger partial charge in [0.1, 0.15) is 5.82 Å². The van der Waals surface area contributed by atoms with Gasteiger partial charge < -0.3 is 5.32 Å². The van der Waals surface area contributed by atoms with Crippen LogP contribution in [0.15, 0.2) is 22.7 Å². The van der Waals surface area contributed by atoms with Crippen LogP contribution < -0.4 is 5.32 Å². The van der Waals surface area contributed by atoms with E-state index < -0.39 is 0 Å². The van der Waals surface area contributed by atoms with Gasteiger partial charge in [-0.1, -0.05) is 35.3 Å². The number of halogens is 2. The highest BCUT2D eigenvalue weighted by molar-refractivity contribution is 9.10. The van der Waals surface area contributed by atoms with Crippen molar-refractivity contribution in [3.8, 4) is 0 Å². The van der Waals surface area contributed by atoms with E-state index in [9.17, 15) is 4.39 Å². The fourth-order valence-electron chi connectivity index (χ4n) is 2.09. The molecule has 0 aromatic heterocycles. The van der Waals surface area contributed by atoms with Crippen molar-refractivity contribution < 1.29 is 4.39 Å². The average molecular weight is 286 g/mol. The van der Waals surface area contributed by atoms with E-state index >= 15 is 0 Å². The van der Waals surface area contributed by atoms with Gasteiger partial charge in [0, 0.05) is 22.6 Å². The molecule has 1 nitrogen and oxygen atoms in total. The Morgan fingerprint density at radius 1 is 1.50 bits per heavy atom. The SMILES string of the molecule is CCCC1CC1NCc1ccc(Br)cc1F. The Balaban J connectivity index is 1.82. The Morgan fingerprint density at radius 3 is 3.00 bits per heavy atom. The van der Waals surface area contributed by atoms with Crippen molar-refractivity contribution in [3.05, 3.63) is 34.1 Å². The van der Waals surface area contributed by atoms with Crippen LogP contribution in [0.1, 0.15) is 31.7 Å². The predicted molar refractivity (Wildman–Crippen MR) is 67.7 cm³/mol. The normalized spacial score (nSPS) is 23.4. The van der Waals surface area contributed by atoms with E-state index in [1.807, 2.05) is 12.1 Å². The summed E-state index contributed by atoms with van der Waals surface area (Å²) in [6, 6.07) is 5.86. The molecule has 1 aromatic carbocycles. The molecule has 1 aromatic rings. The molecule has 1 N–H and O–H groups in total. The summed E-state index contributed by atoms with van der Waals surface area (Å²) in [6.07, 6.45) is 3.79. The van der Waals surface area contributed by atoms with Crippen LogP contribution in [-0.4, -0.2) is 6.04 Å². The Kier molecular flexibility index (Phi) is 3.98. The van der Waals surface area contributed by atoms with Crippen molar-refractivity contribution in [3.63, 3.8) is 0 Å². The monoisotopic (exact) mass is 285 g/mol. The molecule has 0 spiro atoms. The second kappa shape index (κ2) is 5.28. The minimum absolute atomic E-state index is 0.130. The van der Waals surface area contributed by atoms with E-state index in [1.54, 1.807) is 0 Å². The third-order valence-corrected chi connectivity index (χ3v) is 3.65. The highest BCUT2D eigenvalue weighted by atomic mass is 79.9. The lowest BCUT2D eigenvalue weighted by Gasteiger charge is -2.05. The van der Waals surface area contributed by atoms with Crippen LogP contribution in [-0.2, 0) is 6.54 Å². The molecule has 1 aliphatic rings. The first kappa shape index (κ1) is 12.1. The van der Waals surface area contributed by atoms with Crippen LogP contribution >= 0.6 is 15.9 Å². The van der Waals surface area contributed by atoms with Gasteiger partial charge in [-0.15, -0.1) is 0 Å². The fourth-order valence-corrected chi connectivity index (χ4v) is 2.43. The van der Waals surface area contributed by atoms with Crippen molar-refractivity contribution >= 4 is 15.9 Å². The second-order valence-corrected chi connectivity index (χ2v) is 5.42. The first-order valence-corrected chi connectivity index (χ1v) is 6.67. The maximum Gasteiger partial charge on any atom is 0.128 e. The molecule has 1 aliphatic carbocycles. The standard InChI is InChI=1S/C13H17BrFN/c1-2-3-9-6-13(9)16-8-10-4-5-11(14)7-12(10)15/h4-5,7,9,13,16H,2-3,6,8H2,1H3. The van der Waals surface area contributed by atoms with E-state index in [1.165, 1.54) is 25.3 Å². The van der Waals surface area contributed by atoms with E-state index in [2.05, 4.69) is 28.2 Å². The highest BCUT2D eigenvalue weighted by Crippen LogP contribution is 2.34. The van der Waals surface area contributed by atoms with Crippen molar-refractivity contribution in [2.24, 2.45) is 5.92 Å². The van der Waals surface area contributed by atoms with Gasteiger partial charge in [0.2, 0.25) is 0 Å². The van der Waals surface area contributed by atoms with Crippen LogP contribution in [0.4, 0.5) is 4.39 Å². The lowest BCUT2D eigenvalue weighted by Crippen LogP contribution is -2.18. The molecule has 3 heteroatoms. The van der Waals surface area contributed by atoms with Crippen molar-refractivity contribution in [2.75, 3.05) is 0 Å². The van der Waals surface area contributed by atoms with Gasteiger partial charge in [-0.05, 0) is 30.9 Å². The van der Waals surface area contributed by atoms with E-state index in [0.29, 0.717) is 12.6 Å². The Bertz CT molecular complexity index is 367. The van der Waals surface area contributed by atoms with E-state index in [0.717, 1.165) is 16.0 Å². The smallest absolute Gasteiger partial charge is 0.128 e. The molecule has 2 unspecified atom stereocenters. The van der Waals surface area contributed by atoms with E-state index in [-0.39, 0.29) is 5.82 Å². The number of nitrogens with one attached hydrogen (secondary N) is 1. The molecule has 0 bridgehead atoms. The molecule has 0 amide bonds. The maximum absolute atomic E-state index is 13.5. The highest BCUT2D eigenvalue weighted by Gasteiger charge is 2.35. The summed E-state index contributed by atoms with van der Waals surface area (Å²) in [5.41, 5.74) is 0.755. The Labute approximate surface area is 105 Å². The zero-order chi connectivity index (χ0) is 11.5. The van der Waals surface area contributed by atoms with Crippen molar-refractivity contribution in [1.82, 2.24) is 5.32 Å². The minimum atomic E-state index is -0.130. The molecule has 88 valence electrons. The van der Waals surface area contributed by atoms with Gasteiger partial charge in [0.25, 0.3) is 0 Å². The third kappa shape index (κ3) is 3.05. The van der Waals surface area contributed by atoms with Crippen LogP contribution in [0.25, 0.3) is 0 Å². The average Bonchev–Trinajstić information content (AvgIpc) is 2.96. The maximum atomic E-state index is 13.5. The number of benzene rings is 1. The Hall–Kier alpha value is -0.410. The molecule has 1 fully saturated rings. The molecular weight excluding hydrogens is 269 g/mol. The number of rotatable bonds is 5.